The molecule has 2 aromatic carbocycles. The predicted octanol–water partition coefficient (Wildman–Crippen LogP) is 4.29. The summed E-state index contributed by atoms with van der Waals surface area (Å²) >= 11 is 1.40. The Kier molecular flexibility index (Phi) is 4.58. The maximum atomic E-state index is 12.6. The van der Waals surface area contributed by atoms with Gasteiger partial charge in [0.05, 0.1) is 24.8 Å². The molecule has 10 heteroatoms. The summed E-state index contributed by atoms with van der Waals surface area (Å²) in [5.41, 5.74) is 1.60. The van der Waals surface area contributed by atoms with Crippen LogP contribution in [0, 0.1) is 0 Å². The van der Waals surface area contributed by atoms with Crippen molar-refractivity contribution in [3.05, 3.63) is 69.2 Å². The number of methoxy groups -OCH3 is 1. The molecule has 0 radical (unpaired) electrons. The molecule has 164 valence electrons. The van der Waals surface area contributed by atoms with Crippen LogP contribution < -0.4 is 19.8 Å². The van der Waals surface area contributed by atoms with Crippen molar-refractivity contribution in [3.63, 3.8) is 0 Å². The SMILES string of the molecule is COc1cccc2cc(-c3csc(Cc4nc(-c5ccc6c(c5)OCO6)no4)n3)c(=O)oc12. The van der Waals surface area contributed by atoms with Gasteiger partial charge in [-0.1, -0.05) is 17.3 Å². The number of hydrogen-bond acceptors (Lipinski definition) is 10. The van der Waals surface area contributed by atoms with Gasteiger partial charge in [-0.3, -0.25) is 0 Å². The van der Waals surface area contributed by atoms with E-state index in [0.29, 0.717) is 52.2 Å². The van der Waals surface area contributed by atoms with E-state index in [0.717, 1.165) is 16.0 Å². The average molecular weight is 461 g/mol. The predicted molar refractivity (Wildman–Crippen MR) is 119 cm³/mol. The van der Waals surface area contributed by atoms with Crippen molar-refractivity contribution in [1.29, 1.82) is 0 Å². The quantitative estimate of drug-likeness (QED) is 0.354. The molecule has 1 aliphatic heterocycles. The monoisotopic (exact) mass is 461 g/mol. The van der Waals surface area contributed by atoms with E-state index in [4.69, 9.17) is 23.2 Å². The van der Waals surface area contributed by atoms with E-state index in [9.17, 15) is 4.79 Å². The fourth-order valence-electron chi connectivity index (χ4n) is 3.58. The summed E-state index contributed by atoms with van der Waals surface area (Å²) in [5, 5.41) is 7.35. The molecule has 1 aliphatic rings. The minimum atomic E-state index is -0.480. The molecule has 6 rings (SSSR count). The summed E-state index contributed by atoms with van der Waals surface area (Å²) in [6.45, 7) is 0.200. The number of thiazole rings is 1. The summed E-state index contributed by atoms with van der Waals surface area (Å²) < 4.78 is 26.9. The zero-order valence-corrected chi connectivity index (χ0v) is 18.0. The Labute approximate surface area is 190 Å². The number of benzene rings is 2. The fraction of sp³-hybridized carbons (Fsp3) is 0.130. The van der Waals surface area contributed by atoms with Crippen molar-refractivity contribution in [1.82, 2.24) is 15.1 Å². The standard InChI is InChI=1S/C23H15N3O6S/c1-28-17-4-2-3-12-7-14(23(27)31-21(12)17)15-10-33-20(24-15)9-19-25-22(26-32-19)13-5-6-16-18(8-13)30-11-29-16/h2-8,10H,9,11H2,1H3. The van der Waals surface area contributed by atoms with E-state index in [1.807, 2.05) is 35.7 Å². The van der Waals surface area contributed by atoms with Crippen molar-refractivity contribution < 1.29 is 23.2 Å². The van der Waals surface area contributed by atoms with Gasteiger partial charge in [0.2, 0.25) is 18.5 Å². The van der Waals surface area contributed by atoms with Crippen LogP contribution in [0.1, 0.15) is 10.9 Å². The molecule has 3 aromatic heterocycles. The molecule has 0 amide bonds. The molecule has 0 spiro atoms. The average Bonchev–Trinajstić information content (AvgIpc) is 3.59. The van der Waals surface area contributed by atoms with Gasteiger partial charge in [-0.2, -0.15) is 4.98 Å². The van der Waals surface area contributed by atoms with Crippen LogP contribution in [0.15, 0.2) is 61.6 Å². The van der Waals surface area contributed by atoms with Crippen LogP contribution in [0.3, 0.4) is 0 Å². The third kappa shape index (κ3) is 3.50. The molecule has 33 heavy (non-hydrogen) atoms. The van der Waals surface area contributed by atoms with E-state index in [2.05, 4.69) is 15.1 Å². The maximum Gasteiger partial charge on any atom is 0.345 e. The number of fused-ring (bicyclic) bond motifs is 2. The van der Waals surface area contributed by atoms with Crippen molar-refractivity contribution >= 4 is 22.3 Å². The Morgan fingerprint density at radius 2 is 2.00 bits per heavy atom. The smallest absolute Gasteiger partial charge is 0.345 e. The first-order chi connectivity index (χ1) is 16.2. The molecule has 0 atom stereocenters. The molecule has 5 aromatic rings. The normalized spacial score (nSPS) is 12.4. The lowest BCUT2D eigenvalue weighted by Crippen LogP contribution is -2.03. The Morgan fingerprint density at radius 3 is 2.91 bits per heavy atom. The minimum absolute atomic E-state index is 0.200. The highest BCUT2D eigenvalue weighted by Crippen LogP contribution is 2.35. The highest BCUT2D eigenvalue weighted by atomic mass is 32.1. The highest BCUT2D eigenvalue weighted by Gasteiger charge is 2.18. The van der Waals surface area contributed by atoms with Crippen LogP contribution in [0.25, 0.3) is 33.6 Å². The lowest BCUT2D eigenvalue weighted by atomic mass is 10.1. The van der Waals surface area contributed by atoms with Crippen molar-refractivity contribution in [2.75, 3.05) is 13.9 Å². The topological polar surface area (TPSA) is 110 Å². The van der Waals surface area contributed by atoms with Crippen LogP contribution in [0.5, 0.6) is 17.2 Å². The maximum absolute atomic E-state index is 12.6. The van der Waals surface area contributed by atoms with E-state index >= 15 is 0 Å². The number of rotatable bonds is 5. The lowest BCUT2D eigenvalue weighted by Gasteiger charge is -2.04. The van der Waals surface area contributed by atoms with Gasteiger partial charge in [-0.25, -0.2) is 9.78 Å². The number of ether oxygens (including phenoxy) is 3. The van der Waals surface area contributed by atoms with E-state index in [1.54, 1.807) is 12.1 Å². The second-order valence-electron chi connectivity index (χ2n) is 7.21. The first kappa shape index (κ1) is 19.5. The third-order valence-electron chi connectivity index (χ3n) is 5.17. The summed E-state index contributed by atoms with van der Waals surface area (Å²) in [5.74, 6) is 2.71. The minimum Gasteiger partial charge on any atom is -0.493 e. The van der Waals surface area contributed by atoms with Gasteiger partial charge in [-0.05, 0) is 30.3 Å². The Morgan fingerprint density at radius 1 is 1.09 bits per heavy atom. The van der Waals surface area contributed by atoms with Crippen LogP contribution in [0.2, 0.25) is 0 Å². The van der Waals surface area contributed by atoms with Crippen LogP contribution in [-0.4, -0.2) is 29.0 Å². The summed E-state index contributed by atoms with van der Waals surface area (Å²) in [7, 11) is 1.53. The van der Waals surface area contributed by atoms with E-state index in [1.165, 1.54) is 18.4 Å². The summed E-state index contributed by atoms with van der Waals surface area (Å²) in [4.78, 5) is 21.6. The molecule has 4 heterocycles. The van der Waals surface area contributed by atoms with Crippen LogP contribution in [-0.2, 0) is 6.42 Å². The molecular formula is C23H15N3O6S. The van der Waals surface area contributed by atoms with Crippen molar-refractivity contribution in [2.24, 2.45) is 0 Å². The summed E-state index contributed by atoms with van der Waals surface area (Å²) in [6, 6.07) is 12.7. The Bertz CT molecular complexity index is 1550. The van der Waals surface area contributed by atoms with Crippen molar-refractivity contribution in [2.45, 2.75) is 6.42 Å². The van der Waals surface area contributed by atoms with Crippen LogP contribution >= 0.6 is 11.3 Å². The molecule has 0 unspecified atom stereocenters. The molecule has 0 bridgehead atoms. The number of aromatic nitrogens is 3. The van der Waals surface area contributed by atoms with E-state index < -0.39 is 5.63 Å². The second-order valence-corrected chi connectivity index (χ2v) is 8.15. The Hall–Kier alpha value is -4.18. The van der Waals surface area contributed by atoms with Gasteiger partial charge >= 0.3 is 5.63 Å². The van der Waals surface area contributed by atoms with E-state index in [-0.39, 0.29) is 6.79 Å². The van der Waals surface area contributed by atoms with Crippen molar-refractivity contribution in [3.8, 4) is 39.9 Å². The number of nitrogens with zero attached hydrogens (tertiary/aromatic N) is 3. The second kappa shape index (κ2) is 7.75. The molecule has 0 saturated heterocycles. The van der Waals surface area contributed by atoms with Gasteiger partial charge in [0.1, 0.15) is 5.01 Å². The molecule has 0 aliphatic carbocycles. The van der Waals surface area contributed by atoms with Gasteiger partial charge in [-0.15, -0.1) is 11.3 Å². The van der Waals surface area contributed by atoms with Gasteiger partial charge in [0.25, 0.3) is 0 Å². The van der Waals surface area contributed by atoms with Gasteiger partial charge < -0.3 is 23.2 Å². The Balaban J connectivity index is 1.26. The van der Waals surface area contributed by atoms with Gasteiger partial charge in [0, 0.05) is 16.3 Å². The largest absolute Gasteiger partial charge is 0.493 e. The highest BCUT2D eigenvalue weighted by molar-refractivity contribution is 7.10. The zero-order valence-electron chi connectivity index (χ0n) is 17.2. The summed E-state index contributed by atoms with van der Waals surface area (Å²) in [6.07, 6.45) is 0.342. The fourth-order valence-corrected chi connectivity index (χ4v) is 4.37. The molecule has 9 nitrogen and oxygen atoms in total. The number of hydrogen-bond donors (Lipinski definition) is 0. The van der Waals surface area contributed by atoms with Gasteiger partial charge in [0.15, 0.2) is 22.8 Å². The molecule has 0 saturated carbocycles. The molecule has 0 N–H and O–H groups in total. The molecule has 0 fully saturated rings. The third-order valence-corrected chi connectivity index (χ3v) is 6.02. The molecular weight excluding hydrogens is 446 g/mol. The van der Waals surface area contributed by atoms with Crippen LogP contribution in [0.4, 0.5) is 0 Å². The zero-order chi connectivity index (χ0) is 22.4. The lowest BCUT2D eigenvalue weighted by molar-refractivity contribution is 0.174. The first-order valence-corrected chi connectivity index (χ1v) is 10.8. The number of para-hydroxylation sites is 1. The first-order valence-electron chi connectivity index (χ1n) is 9.96.